The van der Waals surface area contributed by atoms with Crippen LogP contribution in [-0.4, -0.2) is 16.3 Å². The number of nitrogens with one attached hydrogen (secondary N) is 1. The molecule has 2 heterocycles. The van der Waals surface area contributed by atoms with Crippen LogP contribution in [0.4, 0.5) is 0 Å². The predicted molar refractivity (Wildman–Crippen MR) is 71.5 cm³/mol. The van der Waals surface area contributed by atoms with Crippen LogP contribution in [0.15, 0.2) is 22.8 Å². The molecule has 0 aliphatic rings. The summed E-state index contributed by atoms with van der Waals surface area (Å²) >= 11 is 0. The first-order chi connectivity index (χ1) is 8.72. The first kappa shape index (κ1) is 12.9. The molecule has 1 N–H and O–H groups in total. The summed E-state index contributed by atoms with van der Waals surface area (Å²) < 4.78 is 7.34. The molecule has 0 unspecified atom stereocenters. The third-order valence-electron chi connectivity index (χ3n) is 3.26. The van der Waals surface area contributed by atoms with Gasteiger partial charge < -0.3 is 9.73 Å². The van der Waals surface area contributed by atoms with E-state index in [1.165, 1.54) is 11.3 Å². The molecule has 0 aliphatic carbocycles. The highest BCUT2D eigenvalue weighted by molar-refractivity contribution is 5.24. The first-order valence-electron chi connectivity index (χ1n) is 6.48. The van der Waals surface area contributed by atoms with Gasteiger partial charge in [-0.1, -0.05) is 0 Å². The second kappa shape index (κ2) is 5.87. The van der Waals surface area contributed by atoms with Crippen LogP contribution in [-0.2, 0) is 19.5 Å². The normalized spacial score (nSPS) is 11.1. The summed E-state index contributed by atoms with van der Waals surface area (Å²) in [5, 5.41) is 7.91. The molecule has 0 saturated heterocycles. The van der Waals surface area contributed by atoms with E-state index in [4.69, 9.17) is 4.42 Å². The Morgan fingerprint density at radius 3 is 2.83 bits per heavy atom. The monoisotopic (exact) mass is 247 g/mol. The maximum absolute atomic E-state index is 5.28. The number of nitrogens with zero attached hydrogens (tertiary/aromatic N) is 2. The second-order valence-electron chi connectivity index (χ2n) is 4.47. The first-order valence-corrected chi connectivity index (χ1v) is 6.48. The number of aromatic nitrogens is 2. The van der Waals surface area contributed by atoms with Gasteiger partial charge >= 0.3 is 0 Å². The minimum atomic E-state index is 0.785. The van der Waals surface area contributed by atoms with E-state index in [2.05, 4.69) is 35.9 Å². The Bertz CT molecular complexity index is 485. The molecular weight excluding hydrogens is 226 g/mol. The lowest BCUT2D eigenvalue weighted by Crippen LogP contribution is -2.16. The lowest BCUT2D eigenvalue weighted by Gasteiger charge is -2.04. The fourth-order valence-electron chi connectivity index (χ4n) is 2.24. The smallest absolute Gasteiger partial charge is 0.117 e. The Hall–Kier alpha value is -1.55. The van der Waals surface area contributed by atoms with Gasteiger partial charge in [0.15, 0.2) is 0 Å². The minimum Gasteiger partial charge on any atom is -0.468 e. The van der Waals surface area contributed by atoms with Gasteiger partial charge in [0.2, 0.25) is 0 Å². The van der Waals surface area contributed by atoms with Crippen LogP contribution in [0.1, 0.15) is 29.6 Å². The minimum absolute atomic E-state index is 0.785. The van der Waals surface area contributed by atoms with Crippen LogP contribution >= 0.6 is 0 Å². The molecule has 0 aromatic carbocycles. The van der Waals surface area contributed by atoms with Crippen molar-refractivity contribution in [1.29, 1.82) is 0 Å². The maximum atomic E-state index is 5.28. The molecule has 18 heavy (non-hydrogen) atoms. The van der Waals surface area contributed by atoms with Gasteiger partial charge in [-0.25, -0.2) is 0 Å². The van der Waals surface area contributed by atoms with E-state index in [-0.39, 0.29) is 0 Å². The van der Waals surface area contributed by atoms with E-state index in [0.29, 0.717) is 0 Å². The van der Waals surface area contributed by atoms with Gasteiger partial charge in [0.05, 0.1) is 18.5 Å². The highest BCUT2D eigenvalue weighted by atomic mass is 16.3. The largest absolute Gasteiger partial charge is 0.468 e. The van der Waals surface area contributed by atoms with Crippen LogP contribution in [0, 0.1) is 13.8 Å². The third-order valence-corrected chi connectivity index (χ3v) is 3.26. The highest BCUT2D eigenvalue weighted by Crippen LogP contribution is 2.13. The number of rotatable bonds is 6. The summed E-state index contributed by atoms with van der Waals surface area (Å²) in [7, 11) is 0. The summed E-state index contributed by atoms with van der Waals surface area (Å²) in [5.41, 5.74) is 3.80. The molecule has 0 spiro atoms. The quantitative estimate of drug-likeness (QED) is 0.797. The molecule has 0 radical (unpaired) electrons. The fraction of sp³-hybridized carbons (Fsp3) is 0.500. The molecule has 2 rings (SSSR count). The topological polar surface area (TPSA) is 43.0 Å². The van der Waals surface area contributed by atoms with Gasteiger partial charge in [0.1, 0.15) is 5.76 Å². The summed E-state index contributed by atoms with van der Waals surface area (Å²) in [6.07, 6.45) is 2.72. The molecule has 0 amide bonds. The van der Waals surface area contributed by atoms with Gasteiger partial charge in [-0.3, -0.25) is 4.68 Å². The molecular formula is C14H21N3O. The molecule has 2 aromatic rings. The Morgan fingerprint density at radius 2 is 2.22 bits per heavy atom. The zero-order chi connectivity index (χ0) is 13.0. The average Bonchev–Trinajstić information content (AvgIpc) is 2.96. The zero-order valence-corrected chi connectivity index (χ0v) is 11.4. The molecule has 0 saturated carbocycles. The van der Waals surface area contributed by atoms with Gasteiger partial charge in [0.25, 0.3) is 0 Å². The standard InChI is InChI=1S/C14H21N3O/c1-4-17-12(3)14(11(2)16-17)7-8-15-10-13-6-5-9-18-13/h5-6,9,15H,4,7-8,10H2,1-3H3. The van der Waals surface area contributed by atoms with Crippen molar-refractivity contribution in [3.8, 4) is 0 Å². The predicted octanol–water partition coefficient (Wildman–Crippen LogP) is 2.45. The molecule has 0 atom stereocenters. The van der Waals surface area contributed by atoms with E-state index >= 15 is 0 Å². The van der Waals surface area contributed by atoms with Crippen LogP contribution in [0.2, 0.25) is 0 Å². The number of aryl methyl sites for hydroxylation is 2. The maximum Gasteiger partial charge on any atom is 0.117 e. The third kappa shape index (κ3) is 2.82. The fourth-order valence-corrected chi connectivity index (χ4v) is 2.24. The van der Waals surface area contributed by atoms with Crippen molar-refractivity contribution in [2.75, 3.05) is 6.54 Å². The Kier molecular flexibility index (Phi) is 4.20. The summed E-state index contributed by atoms with van der Waals surface area (Å²) in [6.45, 7) is 9.02. The molecule has 2 aromatic heterocycles. The van der Waals surface area contributed by atoms with Crippen molar-refractivity contribution in [2.24, 2.45) is 0 Å². The highest BCUT2D eigenvalue weighted by Gasteiger charge is 2.09. The number of furan rings is 1. The van der Waals surface area contributed by atoms with Crippen molar-refractivity contribution >= 4 is 0 Å². The summed E-state index contributed by atoms with van der Waals surface area (Å²) in [4.78, 5) is 0. The van der Waals surface area contributed by atoms with E-state index in [0.717, 1.165) is 37.5 Å². The molecule has 4 nitrogen and oxygen atoms in total. The van der Waals surface area contributed by atoms with Crippen LogP contribution in [0.5, 0.6) is 0 Å². The van der Waals surface area contributed by atoms with Crippen molar-refractivity contribution in [2.45, 2.75) is 40.3 Å². The molecule has 0 aliphatic heterocycles. The molecule has 0 fully saturated rings. The van der Waals surface area contributed by atoms with Gasteiger partial charge in [-0.05, 0) is 51.4 Å². The van der Waals surface area contributed by atoms with Gasteiger partial charge in [-0.15, -0.1) is 0 Å². The Morgan fingerprint density at radius 1 is 1.39 bits per heavy atom. The summed E-state index contributed by atoms with van der Waals surface area (Å²) in [5.74, 6) is 0.979. The van der Waals surface area contributed by atoms with Crippen molar-refractivity contribution in [1.82, 2.24) is 15.1 Å². The zero-order valence-electron chi connectivity index (χ0n) is 11.4. The van der Waals surface area contributed by atoms with Gasteiger partial charge in [-0.2, -0.15) is 5.10 Å². The van der Waals surface area contributed by atoms with Gasteiger partial charge in [0, 0.05) is 12.2 Å². The Balaban J connectivity index is 1.85. The van der Waals surface area contributed by atoms with Crippen molar-refractivity contribution in [3.63, 3.8) is 0 Å². The SMILES string of the molecule is CCn1nc(C)c(CCNCc2ccco2)c1C. The lowest BCUT2D eigenvalue weighted by atomic mass is 10.1. The van der Waals surface area contributed by atoms with Crippen LogP contribution < -0.4 is 5.32 Å². The lowest BCUT2D eigenvalue weighted by molar-refractivity contribution is 0.484. The molecule has 4 heteroatoms. The van der Waals surface area contributed by atoms with Crippen LogP contribution in [0.25, 0.3) is 0 Å². The summed E-state index contributed by atoms with van der Waals surface area (Å²) in [6, 6.07) is 3.90. The van der Waals surface area contributed by atoms with E-state index in [1.807, 2.05) is 12.1 Å². The average molecular weight is 247 g/mol. The van der Waals surface area contributed by atoms with E-state index in [1.54, 1.807) is 6.26 Å². The number of hydrogen-bond donors (Lipinski definition) is 1. The van der Waals surface area contributed by atoms with E-state index in [9.17, 15) is 0 Å². The Labute approximate surface area is 108 Å². The molecule has 0 bridgehead atoms. The van der Waals surface area contributed by atoms with E-state index < -0.39 is 0 Å². The number of hydrogen-bond acceptors (Lipinski definition) is 3. The van der Waals surface area contributed by atoms with Crippen LogP contribution in [0.3, 0.4) is 0 Å². The second-order valence-corrected chi connectivity index (χ2v) is 4.47. The molecule has 98 valence electrons. The van der Waals surface area contributed by atoms with Crippen molar-refractivity contribution in [3.05, 3.63) is 41.1 Å². The van der Waals surface area contributed by atoms with Crippen molar-refractivity contribution < 1.29 is 4.42 Å².